The number of amides is 2. The van der Waals surface area contributed by atoms with Gasteiger partial charge in [-0.05, 0) is 13.8 Å². The first kappa shape index (κ1) is 18.1. The number of piperidine rings is 1. The van der Waals surface area contributed by atoms with E-state index in [4.69, 9.17) is 17.0 Å². The van der Waals surface area contributed by atoms with Crippen molar-refractivity contribution in [3.05, 3.63) is 17.6 Å². The molecular weight excluding hydrogens is 360 g/mol. The van der Waals surface area contributed by atoms with Crippen molar-refractivity contribution in [3.8, 4) is 5.88 Å². The summed E-state index contributed by atoms with van der Waals surface area (Å²) >= 11 is 6.43. The van der Waals surface area contributed by atoms with Crippen molar-refractivity contribution in [2.75, 3.05) is 25.4 Å². The van der Waals surface area contributed by atoms with Gasteiger partial charge in [-0.2, -0.15) is 4.98 Å². The number of thioether (sulfide) groups is 1. The van der Waals surface area contributed by atoms with Gasteiger partial charge in [0.15, 0.2) is 0 Å². The minimum absolute atomic E-state index is 0.0304. The third kappa shape index (κ3) is 4.46. The van der Waals surface area contributed by atoms with Crippen LogP contribution in [-0.2, 0) is 9.59 Å². The van der Waals surface area contributed by atoms with Crippen LogP contribution in [0.5, 0.6) is 5.88 Å². The highest BCUT2D eigenvalue weighted by atomic mass is 32.2. The fourth-order valence-electron chi connectivity index (χ4n) is 2.91. The zero-order chi connectivity index (χ0) is 18.0. The number of hydrogen-bond acceptors (Lipinski definition) is 7. The summed E-state index contributed by atoms with van der Waals surface area (Å²) in [6.07, 6.45) is 1.50. The smallest absolute Gasteiger partial charge is 0.242 e. The molecule has 0 radical (unpaired) electrons. The molecule has 2 aliphatic heterocycles. The monoisotopic (exact) mass is 380 g/mol. The first-order valence-electron chi connectivity index (χ1n) is 8.16. The lowest BCUT2D eigenvalue weighted by molar-refractivity contribution is -0.137. The molecule has 1 aromatic rings. The molecule has 0 aromatic carbocycles. The Balaban J connectivity index is 1.50. The molecule has 0 aliphatic carbocycles. The average molecular weight is 380 g/mol. The van der Waals surface area contributed by atoms with Crippen molar-refractivity contribution in [2.24, 2.45) is 0 Å². The predicted octanol–water partition coefficient (Wildman–Crippen LogP) is 1.32. The molecular formula is C16H20N4O3S2. The van der Waals surface area contributed by atoms with Crippen LogP contribution < -0.4 is 4.74 Å². The summed E-state index contributed by atoms with van der Waals surface area (Å²) in [6, 6.07) is 1.82. The SMILES string of the molecule is Cc1cc(OC2CCN(C(=O)CN3C(=O)CSC3=S)CC2)nc(C)n1. The molecule has 25 heavy (non-hydrogen) atoms. The lowest BCUT2D eigenvalue weighted by Gasteiger charge is -2.32. The summed E-state index contributed by atoms with van der Waals surface area (Å²) in [7, 11) is 0. The molecule has 0 saturated carbocycles. The van der Waals surface area contributed by atoms with Crippen LogP contribution in [0.1, 0.15) is 24.4 Å². The van der Waals surface area contributed by atoms with Gasteiger partial charge in [0, 0.05) is 37.7 Å². The highest BCUT2D eigenvalue weighted by Crippen LogP contribution is 2.21. The molecule has 0 spiro atoms. The van der Waals surface area contributed by atoms with Crippen LogP contribution in [0, 0.1) is 13.8 Å². The number of rotatable bonds is 4. The molecule has 134 valence electrons. The lowest BCUT2D eigenvalue weighted by atomic mass is 10.1. The van der Waals surface area contributed by atoms with E-state index >= 15 is 0 Å². The molecule has 0 N–H and O–H groups in total. The number of nitrogens with zero attached hydrogens (tertiary/aromatic N) is 4. The van der Waals surface area contributed by atoms with Gasteiger partial charge in [-0.3, -0.25) is 14.5 Å². The Bertz CT molecular complexity index is 668. The van der Waals surface area contributed by atoms with Crippen LogP contribution in [0.3, 0.4) is 0 Å². The van der Waals surface area contributed by atoms with Crippen LogP contribution in [0.4, 0.5) is 0 Å². The second-order valence-electron chi connectivity index (χ2n) is 6.13. The molecule has 3 rings (SSSR count). The van der Waals surface area contributed by atoms with Crippen LogP contribution in [0.2, 0.25) is 0 Å². The van der Waals surface area contributed by atoms with Gasteiger partial charge in [-0.15, -0.1) is 0 Å². The number of carbonyl (C=O) groups excluding carboxylic acids is 2. The topological polar surface area (TPSA) is 75.6 Å². The Hall–Kier alpha value is -1.74. The van der Waals surface area contributed by atoms with E-state index in [1.54, 1.807) is 4.90 Å². The van der Waals surface area contributed by atoms with Gasteiger partial charge in [-0.25, -0.2) is 4.98 Å². The Morgan fingerprint density at radius 2 is 2.08 bits per heavy atom. The quantitative estimate of drug-likeness (QED) is 0.729. The summed E-state index contributed by atoms with van der Waals surface area (Å²) in [6.45, 7) is 5.00. The number of thiocarbonyl (C=S) groups is 1. The normalized spacial score (nSPS) is 18.8. The van der Waals surface area contributed by atoms with E-state index in [-0.39, 0.29) is 24.5 Å². The Morgan fingerprint density at radius 3 is 2.68 bits per heavy atom. The first-order valence-corrected chi connectivity index (χ1v) is 9.55. The minimum Gasteiger partial charge on any atom is -0.474 e. The highest BCUT2D eigenvalue weighted by molar-refractivity contribution is 8.23. The van der Waals surface area contributed by atoms with Crippen molar-refractivity contribution in [1.29, 1.82) is 0 Å². The predicted molar refractivity (Wildman–Crippen MR) is 98.5 cm³/mol. The second-order valence-corrected chi connectivity index (χ2v) is 7.74. The number of ether oxygens (including phenoxy) is 1. The Morgan fingerprint density at radius 1 is 1.36 bits per heavy atom. The van der Waals surface area contributed by atoms with Crippen LogP contribution in [0.15, 0.2) is 6.07 Å². The van der Waals surface area contributed by atoms with E-state index in [2.05, 4.69) is 9.97 Å². The molecule has 0 unspecified atom stereocenters. The van der Waals surface area contributed by atoms with Crippen molar-refractivity contribution in [2.45, 2.75) is 32.8 Å². The highest BCUT2D eigenvalue weighted by Gasteiger charge is 2.31. The van der Waals surface area contributed by atoms with E-state index < -0.39 is 0 Å². The molecule has 9 heteroatoms. The fourth-order valence-corrected chi connectivity index (χ4v) is 3.97. The molecule has 1 aromatic heterocycles. The Labute approximate surface area is 156 Å². The largest absolute Gasteiger partial charge is 0.474 e. The van der Waals surface area contributed by atoms with E-state index in [1.165, 1.54) is 16.7 Å². The van der Waals surface area contributed by atoms with E-state index in [0.717, 1.165) is 18.5 Å². The van der Waals surface area contributed by atoms with E-state index in [9.17, 15) is 9.59 Å². The van der Waals surface area contributed by atoms with Crippen LogP contribution >= 0.6 is 24.0 Å². The molecule has 2 saturated heterocycles. The minimum atomic E-state index is -0.0870. The molecule has 0 atom stereocenters. The zero-order valence-electron chi connectivity index (χ0n) is 14.2. The molecule has 0 bridgehead atoms. The second kappa shape index (κ2) is 7.65. The van der Waals surface area contributed by atoms with Crippen molar-refractivity contribution in [3.63, 3.8) is 0 Å². The maximum atomic E-state index is 12.4. The third-order valence-corrected chi connectivity index (χ3v) is 5.59. The zero-order valence-corrected chi connectivity index (χ0v) is 15.9. The van der Waals surface area contributed by atoms with E-state index in [1.807, 2.05) is 19.9 Å². The summed E-state index contributed by atoms with van der Waals surface area (Å²) in [5.74, 6) is 1.45. The number of carbonyl (C=O) groups is 2. The maximum Gasteiger partial charge on any atom is 0.242 e. The number of aromatic nitrogens is 2. The van der Waals surface area contributed by atoms with E-state index in [0.29, 0.717) is 34.9 Å². The average Bonchev–Trinajstić information content (AvgIpc) is 2.86. The van der Waals surface area contributed by atoms with Crippen LogP contribution in [-0.4, -0.2) is 67.4 Å². The molecule has 2 fully saturated rings. The number of aryl methyl sites for hydroxylation is 2. The standard InChI is InChI=1S/C16H20N4O3S2/c1-10-7-13(18-11(2)17-10)23-12-3-5-19(6-4-12)14(21)8-20-15(22)9-25-16(20)24/h7,12H,3-6,8-9H2,1-2H3. The van der Waals surface area contributed by atoms with Gasteiger partial charge >= 0.3 is 0 Å². The maximum absolute atomic E-state index is 12.4. The van der Waals surface area contributed by atoms with Gasteiger partial charge in [0.2, 0.25) is 17.7 Å². The molecule has 7 nitrogen and oxygen atoms in total. The summed E-state index contributed by atoms with van der Waals surface area (Å²) in [5.41, 5.74) is 0.874. The molecule has 2 amide bonds. The van der Waals surface area contributed by atoms with Crippen molar-refractivity contribution in [1.82, 2.24) is 19.8 Å². The third-order valence-electron chi connectivity index (χ3n) is 4.16. The summed E-state index contributed by atoms with van der Waals surface area (Å²) in [4.78, 5) is 35.8. The van der Waals surface area contributed by atoms with Gasteiger partial charge in [0.05, 0.1) is 5.75 Å². The summed E-state index contributed by atoms with van der Waals surface area (Å²) in [5, 5.41) is 0. The van der Waals surface area contributed by atoms with Crippen molar-refractivity contribution >= 4 is 40.1 Å². The van der Waals surface area contributed by atoms with Crippen molar-refractivity contribution < 1.29 is 14.3 Å². The van der Waals surface area contributed by atoms with Gasteiger partial charge in [-0.1, -0.05) is 24.0 Å². The fraction of sp³-hybridized carbons (Fsp3) is 0.562. The van der Waals surface area contributed by atoms with Crippen LogP contribution in [0.25, 0.3) is 0 Å². The lowest BCUT2D eigenvalue weighted by Crippen LogP contribution is -2.47. The molecule has 3 heterocycles. The summed E-state index contributed by atoms with van der Waals surface area (Å²) < 4.78 is 6.43. The van der Waals surface area contributed by atoms with Gasteiger partial charge in [0.1, 0.15) is 22.8 Å². The Kier molecular flexibility index (Phi) is 5.53. The molecule has 2 aliphatic rings. The number of hydrogen-bond donors (Lipinski definition) is 0. The van der Waals surface area contributed by atoms with Gasteiger partial charge < -0.3 is 9.64 Å². The van der Waals surface area contributed by atoms with Gasteiger partial charge in [0.25, 0.3) is 0 Å². The number of likely N-dealkylation sites (tertiary alicyclic amines) is 1. The first-order chi connectivity index (χ1) is 11.9.